The van der Waals surface area contributed by atoms with Crippen molar-refractivity contribution in [3.63, 3.8) is 0 Å². The van der Waals surface area contributed by atoms with Crippen LogP contribution in [0.4, 0.5) is 27.3 Å². The van der Waals surface area contributed by atoms with Gasteiger partial charge < -0.3 is 25.8 Å². The normalized spacial score (nSPS) is 10.5. The number of halogens is 1. The van der Waals surface area contributed by atoms with Gasteiger partial charge in [-0.25, -0.2) is 9.37 Å². The van der Waals surface area contributed by atoms with Crippen molar-refractivity contribution < 1.29 is 9.13 Å². The molecule has 3 aromatic rings. The van der Waals surface area contributed by atoms with Crippen LogP contribution in [0.15, 0.2) is 48.7 Å². The highest BCUT2D eigenvalue weighted by Gasteiger charge is 2.19. The molecule has 32 heavy (non-hydrogen) atoms. The number of aromatic nitrogens is 1. The highest BCUT2D eigenvalue weighted by Crippen LogP contribution is 2.34. The molecule has 0 amide bonds. The number of benzene rings is 2. The Morgan fingerprint density at radius 1 is 1.12 bits per heavy atom. The fraction of sp³-hybridized carbons (Fsp3) is 0.217. The summed E-state index contributed by atoms with van der Waals surface area (Å²) in [6, 6.07) is 11.7. The molecule has 0 radical (unpaired) electrons. The Balaban J connectivity index is 1.96. The van der Waals surface area contributed by atoms with Gasteiger partial charge in [0.1, 0.15) is 24.0 Å². The first kappa shape index (κ1) is 23.2. The highest BCUT2D eigenvalue weighted by atomic mass is 32.2. The number of hydrogen-bond acceptors (Lipinski definition) is 8. The van der Waals surface area contributed by atoms with E-state index in [9.17, 15) is 4.39 Å². The molecule has 0 aliphatic carbocycles. The molecule has 0 aliphatic rings. The first-order valence-electron chi connectivity index (χ1n) is 10.1. The van der Waals surface area contributed by atoms with Crippen molar-refractivity contribution in [1.82, 2.24) is 4.98 Å². The lowest BCUT2D eigenvalue weighted by Gasteiger charge is -2.18. The Kier molecular flexibility index (Phi) is 7.77. The number of hydrogen-bond donors (Lipinski definition) is 5. The summed E-state index contributed by atoms with van der Waals surface area (Å²) < 4.78 is 22.5. The average Bonchev–Trinajstić information content (AvgIpc) is 2.81. The van der Waals surface area contributed by atoms with Crippen molar-refractivity contribution >= 4 is 40.5 Å². The number of nitrogens with one attached hydrogen (secondary N) is 4. The van der Waals surface area contributed by atoms with E-state index in [0.717, 1.165) is 22.7 Å². The van der Waals surface area contributed by atoms with E-state index in [4.69, 9.17) is 15.9 Å². The maximum Gasteiger partial charge on any atom is 0.144 e. The third-order valence-electron chi connectivity index (χ3n) is 4.78. The maximum absolute atomic E-state index is 13.2. The number of rotatable bonds is 10. The van der Waals surface area contributed by atoms with Gasteiger partial charge in [-0.15, -0.1) is 0 Å². The predicted octanol–water partition coefficient (Wildman–Crippen LogP) is 4.96. The van der Waals surface area contributed by atoms with E-state index in [-0.39, 0.29) is 24.0 Å². The second-order valence-electron chi connectivity index (χ2n) is 6.84. The third kappa shape index (κ3) is 5.23. The summed E-state index contributed by atoms with van der Waals surface area (Å²) in [6.07, 6.45) is 1.63. The van der Waals surface area contributed by atoms with Crippen LogP contribution in [0.1, 0.15) is 23.6 Å². The van der Waals surface area contributed by atoms with Gasteiger partial charge in [0.25, 0.3) is 0 Å². The molecular weight excluding hydrogens is 427 g/mol. The maximum atomic E-state index is 13.2. The van der Waals surface area contributed by atoms with E-state index in [0.29, 0.717) is 22.6 Å². The van der Waals surface area contributed by atoms with E-state index >= 15 is 0 Å². The number of nitrogens with zero attached hydrogens (tertiary/aromatic N) is 1. The minimum absolute atomic E-state index is 0.220. The third-order valence-corrected chi connectivity index (χ3v) is 5.43. The Morgan fingerprint density at radius 3 is 2.53 bits per heavy atom. The molecular formula is C23H27FN6OS. The minimum Gasteiger partial charge on any atom is -0.487 e. The highest BCUT2D eigenvalue weighted by molar-refractivity contribution is 8.00. The smallest absolute Gasteiger partial charge is 0.144 e. The van der Waals surface area contributed by atoms with Crippen LogP contribution in [0.2, 0.25) is 0 Å². The molecule has 0 saturated carbocycles. The number of pyridine rings is 1. The van der Waals surface area contributed by atoms with Crippen LogP contribution in [-0.2, 0) is 6.61 Å². The van der Waals surface area contributed by atoms with Crippen LogP contribution >= 0.6 is 11.9 Å². The van der Waals surface area contributed by atoms with Gasteiger partial charge in [0.2, 0.25) is 0 Å². The molecule has 2 aromatic carbocycles. The lowest BCUT2D eigenvalue weighted by molar-refractivity contribution is 0.308. The second-order valence-corrected chi connectivity index (χ2v) is 7.91. The molecule has 3 rings (SSSR count). The van der Waals surface area contributed by atoms with E-state index < -0.39 is 0 Å². The summed E-state index contributed by atoms with van der Waals surface area (Å²) in [5, 5.41) is 15.0. The van der Waals surface area contributed by atoms with E-state index in [1.54, 1.807) is 50.4 Å². The molecule has 0 spiro atoms. The quantitative estimate of drug-likeness (QED) is 0.218. The molecule has 1 aromatic heterocycles. The lowest BCUT2D eigenvalue weighted by Crippen LogP contribution is -2.13. The van der Waals surface area contributed by atoms with Gasteiger partial charge in [0.05, 0.1) is 34.5 Å². The minimum atomic E-state index is -0.291. The van der Waals surface area contributed by atoms with Crippen LogP contribution in [-0.4, -0.2) is 30.5 Å². The molecule has 7 nitrogen and oxygen atoms in total. The lowest BCUT2D eigenvalue weighted by atomic mass is 10.00. The summed E-state index contributed by atoms with van der Waals surface area (Å²) in [4.78, 5) is 4.23. The number of nitrogen functional groups attached to an aromatic ring is 1. The Hall–Kier alpha value is -3.46. The Labute approximate surface area is 191 Å². The zero-order valence-corrected chi connectivity index (χ0v) is 19.1. The topological polar surface area (TPSA) is 108 Å². The first-order chi connectivity index (χ1) is 15.5. The predicted molar refractivity (Wildman–Crippen MR) is 133 cm³/mol. The van der Waals surface area contributed by atoms with Crippen molar-refractivity contribution in [1.29, 1.82) is 5.41 Å². The van der Waals surface area contributed by atoms with Gasteiger partial charge in [0, 0.05) is 25.4 Å². The van der Waals surface area contributed by atoms with Crippen LogP contribution in [0, 0.1) is 11.2 Å². The van der Waals surface area contributed by atoms with Crippen LogP contribution in [0.25, 0.3) is 0 Å². The van der Waals surface area contributed by atoms with Crippen LogP contribution in [0.3, 0.4) is 0 Å². The molecule has 0 unspecified atom stereocenters. The number of anilines is 4. The monoisotopic (exact) mass is 454 g/mol. The molecule has 1 heterocycles. The van der Waals surface area contributed by atoms with Gasteiger partial charge in [-0.3, -0.25) is 5.41 Å². The van der Waals surface area contributed by atoms with Gasteiger partial charge in [-0.2, -0.15) is 0 Å². The molecule has 0 aliphatic heterocycles. The summed E-state index contributed by atoms with van der Waals surface area (Å²) in [6.45, 7) is 2.31. The Morgan fingerprint density at radius 2 is 1.88 bits per heavy atom. The summed E-state index contributed by atoms with van der Waals surface area (Å²) >= 11 is 1.54. The molecule has 168 valence electrons. The van der Waals surface area contributed by atoms with Crippen molar-refractivity contribution in [3.05, 3.63) is 71.2 Å². The molecule has 0 atom stereocenters. The largest absolute Gasteiger partial charge is 0.487 e. The van der Waals surface area contributed by atoms with Crippen molar-refractivity contribution in [3.8, 4) is 5.75 Å². The molecule has 9 heteroatoms. The standard InChI is InChI=1S/C23H27FN6OS/c1-4-32-30-17-10-7-15(11-19(17)31-13-14-5-8-16(24)9-6-14)21(25)20-22(28-3)18(27-2)12-29-23(20)26/h5-12,25,27,30H,4,13H2,1-3H3,(H3,26,28,29). The molecule has 6 N–H and O–H groups in total. The van der Waals surface area contributed by atoms with Crippen molar-refractivity contribution in [2.75, 3.05) is 40.9 Å². The van der Waals surface area contributed by atoms with Crippen LogP contribution < -0.4 is 25.8 Å². The second kappa shape index (κ2) is 10.7. The zero-order valence-electron chi connectivity index (χ0n) is 18.3. The fourth-order valence-electron chi connectivity index (χ4n) is 3.15. The zero-order chi connectivity index (χ0) is 23.1. The summed E-state index contributed by atoms with van der Waals surface area (Å²) in [5.74, 6) is 1.43. The van der Waals surface area contributed by atoms with Crippen molar-refractivity contribution in [2.24, 2.45) is 0 Å². The summed E-state index contributed by atoms with van der Waals surface area (Å²) in [5.41, 5.74) is 10.6. The first-order valence-corrected chi connectivity index (χ1v) is 11.1. The Bertz CT molecular complexity index is 1090. The van der Waals surface area contributed by atoms with Gasteiger partial charge in [0.15, 0.2) is 0 Å². The van der Waals surface area contributed by atoms with Crippen LogP contribution in [0.5, 0.6) is 5.75 Å². The number of ether oxygens (including phenoxy) is 1. The van der Waals surface area contributed by atoms with Gasteiger partial charge in [-0.05, 0) is 29.8 Å². The summed E-state index contributed by atoms with van der Waals surface area (Å²) in [7, 11) is 3.56. The SMILES string of the molecule is CCSNc1ccc(C(=N)c2c(N)ncc(NC)c2NC)cc1OCc1ccc(F)cc1. The van der Waals surface area contributed by atoms with E-state index in [1.165, 1.54) is 12.1 Å². The van der Waals surface area contributed by atoms with Gasteiger partial charge in [-0.1, -0.05) is 37.1 Å². The fourth-order valence-corrected chi connectivity index (χ4v) is 3.61. The molecule has 0 bridgehead atoms. The van der Waals surface area contributed by atoms with E-state index in [1.807, 2.05) is 19.1 Å². The van der Waals surface area contributed by atoms with Gasteiger partial charge >= 0.3 is 0 Å². The van der Waals surface area contributed by atoms with E-state index in [2.05, 4.69) is 20.3 Å². The molecule has 0 saturated heterocycles. The number of nitrogens with two attached hydrogens (primary N) is 1. The van der Waals surface area contributed by atoms with Crippen molar-refractivity contribution in [2.45, 2.75) is 13.5 Å². The average molecular weight is 455 g/mol. The molecule has 0 fully saturated rings.